The number of aryl methyl sites for hydroxylation is 1. The SMILES string of the molecule is CCOC(=O)c1c(-c2ccc(Br)cc2)c(F)cn1C. The second kappa shape index (κ2) is 5.57. The Kier molecular flexibility index (Phi) is 4.04. The van der Waals surface area contributed by atoms with E-state index in [1.165, 1.54) is 10.8 Å². The first kappa shape index (κ1) is 13.8. The topological polar surface area (TPSA) is 31.2 Å². The Balaban J connectivity index is 2.56. The van der Waals surface area contributed by atoms with Crippen LogP contribution < -0.4 is 0 Å². The molecule has 0 fully saturated rings. The molecule has 0 atom stereocenters. The molecule has 2 aromatic rings. The van der Waals surface area contributed by atoms with E-state index in [0.29, 0.717) is 5.56 Å². The van der Waals surface area contributed by atoms with E-state index in [-0.39, 0.29) is 17.9 Å². The van der Waals surface area contributed by atoms with Gasteiger partial charge in [-0.2, -0.15) is 0 Å². The highest BCUT2D eigenvalue weighted by atomic mass is 79.9. The third-order valence-electron chi connectivity index (χ3n) is 2.74. The molecule has 0 N–H and O–H groups in total. The summed E-state index contributed by atoms with van der Waals surface area (Å²) in [5.41, 5.74) is 1.14. The van der Waals surface area contributed by atoms with Gasteiger partial charge in [-0.05, 0) is 24.6 Å². The van der Waals surface area contributed by atoms with Crippen LogP contribution in [0.2, 0.25) is 0 Å². The zero-order chi connectivity index (χ0) is 14.0. The van der Waals surface area contributed by atoms with Crippen molar-refractivity contribution in [3.05, 3.63) is 46.4 Å². The maximum atomic E-state index is 14.0. The molecule has 0 unspecified atom stereocenters. The molecule has 0 saturated carbocycles. The van der Waals surface area contributed by atoms with Gasteiger partial charge in [-0.1, -0.05) is 28.1 Å². The van der Waals surface area contributed by atoms with E-state index in [9.17, 15) is 9.18 Å². The molecular formula is C14H13BrFNO2. The van der Waals surface area contributed by atoms with Crippen LogP contribution in [0.25, 0.3) is 11.1 Å². The molecule has 0 saturated heterocycles. The highest BCUT2D eigenvalue weighted by Crippen LogP contribution is 2.29. The summed E-state index contributed by atoms with van der Waals surface area (Å²) in [6.45, 7) is 1.97. The van der Waals surface area contributed by atoms with E-state index in [2.05, 4.69) is 15.9 Å². The summed E-state index contributed by atoms with van der Waals surface area (Å²) in [6.07, 6.45) is 1.28. The van der Waals surface area contributed by atoms with Crippen molar-refractivity contribution < 1.29 is 13.9 Å². The fourth-order valence-electron chi connectivity index (χ4n) is 1.93. The molecule has 1 aromatic heterocycles. The average Bonchev–Trinajstić information content (AvgIpc) is 2.65. The van der Waals surface area contributed by atoms with E-state index >= 15 is 0 Å². The first-order valence-corrected chi connectivity index (χ1v) is 6.61. The Hall–Kier alpha value is -1.62. The van der Waals surface area contributed by atoms with Gasteiger partial charge in [0.1, 0.15) is 11.5 Å². The summed E-state index contributed by atoms with van der Waals surface area (Å²) in [5, 5.41) is 0. The number of aromatic nitrogens is 1. The average molecular weight is 326 g/mol. The molecule has 0 amide bonds. The van der Waals surface area contributed by atoms with Gasteiger partial charge in [0.15, 0.2) is 0 Å². The lowest BCUT2D eigenvalue weighted by molar-refractivity contribution is 0.0516. The van der Waals surface area contributed by atoms with Gasteiger partial charge in [0.2, 0.25) is 0 Å². The lowest BCUT2D eigenvalue weighted by Crippen LogP contribution is -2.10. The van der Waals surface area contributed by atoms with Gasteiger partial charge in [0.25, 0.3) is 0 Å². The lowest BCUT2D eigenvalue weighted by Gasteiger charge is -2.07. The maximum absolute atomic E-state index is 14.0. The van der Waals surface area contributed by atoms with Crippen molar-refractivity contribution in [2.45, 2.75) is 6.92 Å². The van der Waals surface area contributed by atoms with Crippen LogP contribution in [-0.2, 0) is 11.8 Å². The molecule has 0 aliphatic heterocycles. The van der Waals surface area contributed by atoms with Crippen LogP contribution in [0.1, 0.15) is 17.4 Å². The first-order valence-electron chi connectivity index (χ1n) is 5.82. The summed E-state index contributed by atoms with van der Waals surface area (Å²) in [4.78, 5) is 11.9. The predicted molar refractivity (Wildman–Crippen MR) is 74.5 cm³/mol. The molecular weight excluding hydrogens is 313 g/mol. The molecule has 2 rings (SSSR count). The van der Waals surface area contributed by atoms with Gasteiger partial charge in [-0.25, -0.2) is 9.18 Å². The zero-order valence-corrected chi connectivity index (χ0v) is 12.2. The molecule has 5 heteroatoms. The van der Waals surface area contributed by atoms with E-state index in [1.807, 2.05) is 0 Å². The molecule has 1 aromatic carbocycles. The summed E-state index contributed by atoms with van der Waals surface area (Å²) in [7, 11) is 1.62. The van der Waals surface area contributed by atoms with Crippen molar-refractivity contribution in [1.29, 1.82) is 0 Å². The van der Waals surface area contributed by atoms with Crippen LogP contribution in [0.3, 0.4) is 0 Å². The van der Waals surface area contributed by atoms with Gasteiger partial charge < -0.3 is 9.30 Å². The first-order chi connectivity index (χ1) is 9.04. The van der Waals surface area contributed by atoms with Crippen molar-refractivity contribution in [3.63, 3.8) is 0 Å². The van der Waals surface area contributed by atoms with E-state index in [0.717, 1.165) is 4.47 Å². The minimum absolute atomic E-state index is 0.224. The molecule has 0 aliphatic rings. The number of rotatable bonds is 3. The Morgan fingerprint density at radius 1 is 1.37 bits per heavy atom. The van der Waals surface area contributed by atoms with Crippen LogP contribution >= 0.6 is 15.9 Å². The maximum Gasteiger partial charge on any atom is 0.355 e. The van der Waals surface area contributed by atoms with Gasteiger partial charge >= 0.3 is 5.97 Å². The number of nitrogens with zero attached hydrogens (tertiary/aromatic N) is 1. The lowest BCUT2D eigenvalue weighted by atomic mass is 10.1. The summed E-state index contributed by atoms with van der Waals surface area (Å²) >= 11 is 3.32. The Morgan fingerprint density at radius 3 is 2.58 bits per heavy atom. The van der Waals surface area contributed by atoms with Gasteiger partial charge in [0.05, 0.1) is 12.2 Å². The van der Waals surface area contributed by atoms with Crippen molar-refractivity contribution >= 4 is 21.9 Å². The number of hydrogen-bond donors (Lipinski definition) is 0. The number of hydrogen-bond acceptors (Lipinski definition) is 2. The van der Waals surface area contributed by atoms with Gasteiger partial charge in [-0.3, -0.25) is 0 Å². The molecule has 3 nitrogen and oxygen atoms in total. The molecule has 100 valence electrons. The highest BCUT2D eigenvalue weighted by Gasteiger charge is 2.22. The second-order valence-corrected chi connectivity index (χ2v) is 4.95. The Bertz CT molecular complexity index is 605. The fourth-order valence-corrected chi connectivity index (χ4v) is 2.19. The number of carbonyl (C=O) groups excluding carboxylic acids is 1. The minimum Gasteiger partial charge on any atom is -0.461 e. The number of ether oxygens (including phenoxy) is 1. The van der Waals surface area contributed by atoms with Gasteiger partial charge in [0, 0.05) is 17.7 Å². The molecule has 0 radical (unpaired) electrons. The Morgan fingerprint density at radius 2 is 2.00 bits per heavy atom. The number of benzene rings is 1. The minimum atomic E-state index is -0.521. The number of carbonyl (C=O) groups is 1. The third kappa shape index (κ3) is 2.71. The number of esters is 1. The summed E-state index contributed by atoms with van der Waals surface area (Å²) in [6, 6.07) is 7.11. The highest BCUT2D eigenvalue weighted by molar-refractivity contribution is 9.10. The zero-order valence-electron chi connectivity index (χ0n) is 10.6. The second-order valence-electron chi connectivity index (χ2n) is 4.04. The van der Waals surface area contributed by atoms with Crippen LogP contribution in [0.5, 0.6) is 0 Å². The van der Waals surface area contributed by atoms with E-state index in [4.69, 9.17) is 4.74 Å². The van der Waals surface area contributed by atoms with Crippen molar-refractivity contribution in [3.8, 4) is 11.1 Å². The smallest absolute Gasteiger partial charge is 0.355 e. The molecule has 0 spiro atoms. The predicted octanol–water partition coefficient (Wildman–Crippen LogP) is 3.77. The van der Waals surface area contributed by atoms with Crippen LogP contribution in [0, 0.1) is 5.82 Å². The summed E-state index contributed by atoms with van der Waals surface area (Å²) < 4.78 is 21.3. The van der Waals surface area contributed by atoms with Crippen molar-refractivity contribution in [2.24, 2.45) is 7.05 Å². The normalized spacial score (nSPS) is 10.5. The van der Waals surface area contributed by atoms with Crippen LogP contribution in [0.4, 0.5) is 4.39 Å². The van der Waals surface area contributed by atoms with Crippen LogP contribution in [-0.4, -0.2) is 17.1 Å². The fraction of sp³-hybridized carbons (Fsp3) is 0.214. The third-order valence-corrected chi connectivity index (χ3v) is 3.27. The molecule has 0 aliphatic carbocycles. The largest absolute Gasteiger partial charge is 0.461 e. The van der Waals surface area contributed by atoms with Gasteiger partial charge in [-0.15, -0.1) is 0 Å². The Labute approximate surface area is 119 Å². The van der Waals surface area contributed by atoms with Crippen LogP contribution in [0.15, 0.2) is 34.9 Å². The molecule has 0 bridgehead atoms. The quantitative estimate of drug-likeness (QED) is 0.804. The van der Waals surface area contributed by atoms with Crippen molar-refractivity contribution in [2.75, 3.05) is 6.61 Å². The standard InChI is InChI=1S/C14H13BrFNO2/c1-3-19-14(18)13-12(11(16)8-17(13)2)9-4-6-10(15)7-5-9/h4-8H,3H2,1-2H3. The molecule has 19 heavy (non-hydrogen) atoms. The monoisotopic (exact) mass is 325 g/mol. The van der Waals surface area contributed by atoms with E-state index < -0.39 is 11.8 Å². The molecule has 1 heterocycles. The number of halogens is 2. The van der Waals surface area contributed by atoms with Crippen molar-refractivity contribution in [1.82, 2.24) is 4.57 Å². The summed E-state index contributed by atoms with van der Waals surface area (Å²) in [5.74, 6) is -0.959. The van der Waals surface area contributed by atoms with E-state index in [1.54, 1.807) is 38.2 Å².